The first-order chi connectivity index (χ1) is 17.4. The fraction of sp³-hybridized carbons (Fsp3) is 0.321. The maximum atomic E-state index is 13.6. The predicted molar refractivity (Wildman–Crippen MR) is 148 cm³/mol. The van der Waals surface area contributed by atoms with Crippen LogP contribution in [0.25, 0.3) is 17.1 Å². The number of nitrogens with zero attached hydrogens (tertiary/aromatic N) is 4. The van der Waals surface area contributed by atoms with Crippen molar-refractivity contribution in [1.82, 2.24) is 14.5 Å². The number of imidazole rings is 1. The van der Waals surface area contributed by atoms with Crippen molar-refractivity contribution < 1.29 is 4.79 Å². The molecule has 0 aliphatic heterocycles. The first kappa shape index (κ1) is 26.2. The van der Waals surface area contributed by atoms with E-state index in [2.05, 4.69) is 11.8 Å². The van der Waals surface area contributed by atoms with Gasteiger partial charge in [-0.2, -0.15) is 5.26 Å². The van der Waals surface area contributed by atoms with Gasteiger partial charge in [-0.1, -0.05) is 54.3 Å². The van der Waals surface area contributed by atoms with Gasteiger partial charge in [0.1, 0.15) is 16.9 Å². The first-order valence-corrected chi connectivity index (χ1v) is 13.6. The average molecular weight is 538 g/mol. The van der Waals surface area contributed by atoms with Crippen LogP contribution in [0, 0.1) is 29.4 Å². The minimum absolute atomic E-state index is 0.0815. The Labute approximate surface area is 226 Å². The van der Waals surface area contributed by atoms with E-state index in [1.54, 1.807) is 12.1 Å². The zero-order valence-electron chi connectivity index (χ0n) is 20.2. The number of aromatic nitrogens is 2. The van der Waals surface area contributed by atoms with E-state index < -0.39 is 0 Å². The first-order valence-electron chi connectivity index (χ1n) is 11.8. The number of carbonyl (C=O) groups is 1. The molecule has 3 aromatic rings. The summed E-state index contributed by atoms with van der Waals surface area (Å²) in [5.74, 6) is 7.00. The van der Waals surface area contributed by atoms with E-state index in [0.29, 0.717) is 32.9 Å². The lowest BCUT2D eigenvalue weighted by atomic mass is 9.94. The van der Waals surface area contributed by atoms with Gasteiger partial charge in [0, 0.05) is 34.9 Å². The third-order valence-electron chi connectivity index (χ3n) is 6.49. The summed E-state index contributed by atoms with van der Waals surface area (Å²) < 4.78 is 1.96. The van der Waals surface area contributed by atoms with Crippen molar-refractivity contribution in [3.63, 3.8) is 0 Å². The van der Waals surface area contributed by atoms with Gasteiger partial charge in [-0.15, -0.1) is 0 Å². The lowest BCUT2D eigenvalue weighted by Crippen LogP contribution is -2.38. The quantitative estimate of drug-likeness (QED) is 0.197. The largest absolute Gasteiger partial charge is 0.337 e. The van der Waals surface area contributed by atoms with Crippen LogP contribution < -0.4 is 0 Å². The van der Waals surface area contributed by atoms with Crippen molar-refractivity contribution in [2.75, 3.05) is 12.8 Å². The molecule has 0 atom stereocenters. The fourth-order valence-corrected chi connectivity index (χ4v) is 5.28. The maximum Gasteiger partial charge on any atom is 0.274 e. The highest BCUT2D eigenvalue weighted by Crippen LogP contribution is 2.34. The van der Waals surface area contributed by atoms with Crippen LogP contribution in [-0.4, -0.2) is 39.2 Å². The number of amides is 1. The molecule has 1 saturated carbocycles. The molecule has 36 heavy (non-hydrogen) atoms. The van der Waals surface area contributed by atoms with E-state index in [0.717, 1.165) is 54.4 Å². The molecule has 0 spiro atoms. The van der Waals surface area contributed by atoms with Gasteiger partial charge in [-0.25, -0.2) is 4.98 Å². The highest BCUT2D eigenvalue weighted by atomic mass is 35.5. The van der Waals surface area contributed by atoms with Gasteiger partial charge in [0.15, 0.2) is 0 Å². The number of hydrogen-bond donors (Lipinski definition) is 0. The summed E-state index contributed by atoms with van der Waals surface area (Å²) in [5, 5.41) is 11.7. The summed E-state index contributed by atoms with van der Waals surface area (Å²) in [6.45, 7) is 1.91. The molecule has 1 aliphatic rings. The number of thioether (sulfide) groups is 1. The molecule has 2 aromatic carbocycles. The molecule has 0 saturated heterocycles. The van der Waals surface area contributed by atoms with Gasteiger partial charge in [-0.3, -0.25) is 9.36 Å². The van der Waals surface area contributed by atoms with E-state index in [9.17, 15) is 4.79 Å². The summed E-state index contributed by atoms with van der Waals surface area (Å²) in [5.41, 5.74) is 3.54. The Hall–Kier alpha value is -2.90. The van der Waals surface area contributed by atoms with Gasteiger partial charge in [0.05, 0.1) is 16.5 Å². The third kappa shape index (κ3) is 5.73. The zero-order valence-corrected chi connectivity index (χ0v) is 22.6. The number of hydrogen-bond acceptors (Lipinski definition) is 4. The smallest absolute Gasteiger partial charge is 0.274 e. The second-order valence-electron chi connectivity index (χ2n) is 8.77. The van der Waals surface area contributed by atoms with E-state index in [4.69, 9.17) is 33.4 Å². The Morgan fingerprint density at radius 1 is 1.17 bits per heavy atom. The van der Waals surface area contributed by atoms with Crippen molar-refractivity contribution in [3.05, 3.63) is 69.5 Å². The minimum Gasteiger partial charge on any atom is -0.337 e. The lowest BCUT2D eigenvalue weighted by molar-refractivity contribution is 0.0690. The molecule has 1 fully saturated rings. The summed E-state index contributed by atoms with van der Waals surface area (Å²) in [6.07, 6.45) is 5.56. The number of halogens is 2. The molecule has 8 heteroatoms. The summed E-state index contributed by atoms with van der Waals surface area (Å²) in [6, 6.07) is 13.2. The number of carbonyl (C=O) groups excluding carboxylic acids is 1. The van der Waals surface area contributed by atoms with Crippen molar-refractivity contribution >= 4 is 40.9 Å². The van der Waals surface area contributed by atoms with Gasteiger partial charge in [0.25, 0.3) is 5.91 Å². The SMILES string of the molecule is Cc1c(C(=O)N(C)C2CCCCC2)nc(-c2ccc(Cl)cc2Cl)n1-c1ccc(C#CCSC#N)cc1. The van der Waals surface area contributed by atoms with E-state index in [-0.39, 0.29) is 11.9 Å². The van der Waals surface area contributed by atoms with Gasteiger partial charge in [0.2, 0.25) is 0 Å². The summed E-state index contributed by atoms with van der Waals surface area (Å²) in [4.78, 5) is 20.3. The molecule has 184 valence electrons. The van der Waals surface area contributed by atoms with Crippen LogP contribution in [0.15, 0.2) is 42.5 Å². The average Bonchev–Trinajstić information content (AvgIpc) is 3.23. The van der Waals surface area contributed by atoms with Crippen LogP contribution in [0.2, 0.25) is 10.0 Å². The van der Waals surface area contributed by atoms with Crippen molar-refractivity contribution in [1.29, 1.82) is 5.26 Å². The molecule has 0 N–H and O–H groups in total. The number of thiocyanates is 1. The van der Waals surface area contributed by atoms with Crippen LogP contribution in [0.3, 0.4) is 0 Å². The molecule has 1 heterocycles. The van der Waals surface area contributed by atoms with Gasteiger partial charge >= 0.3 is 0 Å². The van der Waals surface area contributed by atoms with Crippen molar-refractivity contribution in [2.24, 2.45) is 0 Å². The Bertz CT molecular complexity index is 1360. The molecule has 1 amide bonds. The second kappa shape index (κ2) is 11.9. The molecular weight excluding hydrogens is 511 g/mol. The third-order valence-corrected chi connectivity index (χ3v) is 7.46. The van der Waals surface area contributed by atoms with Crippen molar-refractivity contribution in [3.8, 4) is 34.3 Å². The number of rotatable bonds is 5. The maximum absolute atomic E-state index is 13.6. The van der Waals surface area contributed by atoms with E-state index in [1.807, 2.05) is 59.2 Å². The molecule has 5 nitrogen and oxygen atoms in total. The van der Waals surface area contributed by atoms with Gasteiger partial charge in [-0.05, 0) is 74.0 Å². The lowest BCUT2D eigenvalue weighted by Gasteiger charge is -2.30. The Morgan fingerprint density at radius 2 is 1.89 bits per heavy atom. The Balaban J connectivity index is 1.76. The van der Waals surface area contributed by atoms with Crippen LogP contribution in [-0.2, 0) is 0 Å². The van der Waals surface area contributed by atoms with Crippen LogP contribution in [0.1, 0.15) is 53.8 Å². The minimum atomic E-state index is -0.0815. The monoisotopic (exact) mass is 536 g/mol. The molecule has 0 unspecified atom stereocenters. The molecular formula is C28H26Cl2N4OS. The van der Waals surface area contributed by atoms with Crippen molar-refractivity contribution in [2.45, 2.75) is 45.1 Å². The Morgan fingerprint density at radius 3 is 2.56 bits per heavy atom. The molecule has 4 rings (SSSR count). The summed E-state index contributed by atoms with van der Waals surface area (Å²) >= 11 is 13.8. The van der Waals surface area contributed by atoms with Crippen LogP contribution in [0.5, 0.6) is 0 Å². The van der Waals surface area contributed by atoms with E-state index in [1.165, 1.54) is 6.42 Å². The molecule has 0 bridgehead atoms. The topological polar surface area (TPSA) is 61.9 Å². The highest BCUT2D eigenvalue weighted by molar-refractivity contribution is 8.03. The van der Waals surface area contributed by atoms with Gasteiger partial charge < -0.3 is 4.90 Å². The molecule has 1 aliphatic carbocycles. The normalized spacial score (nSPS) is 13.5. The standard InChI is InChI=1S/C28H26Cl2N4OS/c1-19-26(28(35)33(2)22-8-4-3-5-9-22)32-27(24-15-12-21(29)17-25(24)30)34(19)23-13-10-20(11-14-23)7-6-16-36-18-31/h10-15,17,22H,3-5,8-9,16H2,1-2H3. The zero-order chi connectivity index (χ0) is 25.7. The highest BCUT2D eigenvalue weighted by Gasteiger charge is 2.29. The Kier molecular flexibility index (Phi) is 8.64. The molecule has 1 aromatic heterocycles. The van der Waals surface area contributed by atoms with E-state index >= 15 is 0 Å². The number of nitriles is 1. The van der Waals surface area contributed by atoms with Crippen LogP contribution in [0.4, 0.5) is 0 Å². The molecule has 0 radical (unpaired) electrons. The van der Waals surface area contributed by atoms with Crippen LogP contribution >= 0.6 is 35.0 Å². The summed E-state index contributed by atoms with van der Waals surface area (Å²) in [7, 11) is 1.88. The predicted octanol–water partition coefficient (Wildman–Crippen LogP) is 7.13. The second-order valence-corrected chi connectivity index (χ2v) is 10.4. The number of benzene rings is 2. The fourth-order valence-electron chi connectivity index (χ4n) is 4.57.